The fraction of sp³-hybridized carbons (Fsp3) is 0.467. The van der Waals surface area contributed by atoms with Crippen molar-refractivity contribution in [2.24, 2.45) is 17.8 Å². The number of imide groups is 1. The van der Waals surface area contributed by atoms with Crippen LogP contribution in [-0.4, -0.2) is 18.9 Å². The van der Waals surface area contributed by atoms with Crippen LogP contribution in [0.3, 0.4) is 0 Å². The predicted octanol–water partition coefficient (Wildman–Crippen LogP) is 1.81. The Bertz CT molecular complexity index is 560. The quantitative estimate of drug-likeness (QED) is 0.659. The summed E-state index contributed by atoms with van der Waals surface area (Å²) < 4.78 is 5.25. The lowest BCUT2D eigenvalue weighted by atomic mass is 10.00. The number of benzene rings is 1. The molecule has 2 aliphatic rings. The maximum absolute atomic E-state index is 12.5. The van der Waals surface area contributed by atoms with E-state index in [0.717, 1.165) is 12.8 Å². The van der Waals surface area contributed by atoms with E-state index in [1.165, 1.54) is 12.0 Å². The summed E-state index contributed by atoms with van der Waals surface area (Å²) in [7, 11) is 1.52. The third-order valence-corrected chi connectivity index (χ3v) is 4.32. The summed E-state index contributed by atoms with van der Waals surface area (Å²) in [5, 5.41) is 0. The van der Waals surface area contributed by atoms with E-state index in [9.17, 15) is 9.59 Å². The molecule has 0 radical (unpaired) electrons. The molecule has 3 rings (SSSR count). The van der Waals surface area contributed by atoms with Crippen molar-refractivity contribution in [3.63, 3.8) is 0 Å². The minimum Gasteiger partial charge on any atom is -0.495 e. The molecule has 2 unspecified atom stereocenters. The number of hydrogen-bond donors (Lipinski definition) is 1. The van der Waals surface area contributed by atoms with Gasteiger partial charge in [-0.15, -0.1) is 0 Å². The largest absolute Gasteiger partial charge is 0.495 e. The number of amides is 2. The van der Waals surface area contributed by atoms with E-state index in [1.807, 2.05) is 0 Å². The van der Waals surface area contributed by atoms with Crippen molar-refractivity contribution in [1.29, 1.82) is 0 Å². The highest BCUT2D eigenvalue weighted by atomic mass is 16.5. The molecule has 20 heavy (non-hydrogen) atoms. The molecule has 0 aromatic heterocycles. The molecule has 1 aromatic rings. The Morgan fingerprint density at radius 2 is 1.80 bits per heavy atom. The van der Waals surface area contributed by atoms with Crippen molar-refractivity contribution in [2.45, 2.75) is 19.8 Å². The van der Waals surface area contributed by atoms with Crippen LogP contribution in [0.1, 0.15) is 19.8 Å². The van der Waals surface area contributed by atoms with Gasteiger partial charge in [-0.1, -0.05) is 6.92 Å². The molecular formula is C15H18N2O3. The van der Waals surface area contributed by atoms with Crippen molar-refractivity contribution in [3.8, 4) is 5.75 Å². The highest BCUT2D eigenvalue weighted by Gasteiger charge is 2.52. The van der Waals surface area contributed by atoms with Crippen LogP contribution in [0.2, 0.25) is 0 Å². The second-order valence-electron chi connectivity index (χ2n) is 5.73. The number of ether oxygens (including phenoxy) is 1. The summed E-state index contributed by atoms with van der Waals surface area (Å²) in [6, 6.07) is 5.00. The predicted molar refractivity (Wildman–Crippen MR) is 75.3 cm³/mol. The lowest BCUT2D eigenvalue weighted by Crippen LogP contribution is -2.32. The Morgan fingerprint density at radius 1 is 1.20 bits per heavy atom. The van der Waals surface area contributed by atoms with Gasteiger partial charge in [0, 0.05) is 5.69 Å². The zero-order valence-corrected chi connectivity index (χ0v) is 11.6. The van der Waals surface area contributed by atoms with E-state index < -0.39 is 0 Å². The normalized spacial score (nSPS) is 28.9. The molecule has 2 amide bonds. The van der Waals surface area contributed by atoms with Gasteiger partial charge in [0.05, 0.1) is 24.6 Å². The lowest BCUT2D eigenvalue weighted by Gasteiger charge is -2.19. The molecule has 2 fully saturated rings. The molecule has 106 valence electrons. The highest BCUT2D eigenvalue weighted by Crippen LogP contribution is 2.46. The van der Waals surface area contributed by atoms with Gasteiger partial charge in [0.25, 0.3) is 0 Å². The van der Waals surface area contributed by atoms with Gasteiger partial charge < -0.3 is 10.5 Å². The van der Waals surface area contributed by atoms with Crippen LogP contribution in [-0.2, 0) is 9.59 Å². The third-order valence-electron chi connectivity index (χ3n) is 4.32. The summed E-state index contributed by atoms with van der Waals surface area (Å²) in [6.45, 7) is 2.09. The standard InChI is InChI=1S/C15H18N2O3/c1-8-5-10-11(6-8)15(19)17(14(10)18)12-7-9(16)3-4-13(12)20-2/h3-4,7-8,10-11H,5-6,16H2,1-2H3. The summed E-state index contributed by atoms with van der Waals surface area (Å²) in [6.07, 6.45) is 1.58. The molecule has 1 heterocycles. The lowest BCUT2D eigenvalue weighted by molar-refractivity contribution is -0.123. The van der Waals surface area contributed by atoms with Crippen LogP contribution in [0.25, 0.3) is 0 Å². The van der Waals surface area contributed by atoms with Crippen LogP contribution in [0.5, 0.6) is 5.75 Å². The Kier molecular flexibility index (Phi) is 2.92. The average Bonchev–Trinajstić information content (AvgIpc) is 2.89. The number of anilines is 2. The zero-order valence-electron chi connectivity index (χ0n) is 11.6. The number of nitrogens with zero attached hydrogens (tertiary/aromatic N) is 1. The first kappa shape index (κ1) is 13.0. The summed E-state index contributed by atoms with van der Waals surface area (Å²) in [5.41, 5.74) is 6.74. The topological polar surface area (TPSA) is 72.6 Å². The SMILES string of the molecule is COc1ccc(N)cc1N1C(=O)C2CC(C)CC2C1=O. The zero-order chi connectivity index (χ0) is 14.4. The van der Waals surface area contributed by atoms with E-state index in [-0.39, 0.29) is 23.7 Å². The number of carbonyl (C=O) groups excluding carboxylic acids is 2. The van der Waals surface area contributed by atoms with Gasteiger partial charge in [-0.2, -0.15) is 0 Å². The van der Waals surface area contributed by atoms with Crippen LogP contribution < -0.4 is 15.4 Å². The summed E-state index contributed by atoms with van der Waals surface area (Å²) >= 11 is 0. The second kappa shape index (κ2) is 4.51. The molecule has 5 heteroatoms. The first-order chi connectivity index (χ1) is 9.52. The van der Waals surface area contributed by atoms with Gasteiger partial charge in [0.15, 0.2) is 0 Å². The maximum atomic E-state index is 12.5. The van der Waals surface area contributed by atoms with Gasteiger partial charge >= 0.3 is 0 Å². The highest BCUT2D eigenvalue weighted by molar-refractivity contribution is 6.23. The Morgan fingerprint density at radius 3 is 2.35 bits per heavy atom. The van der Waals surface area contributed by atoms with Crippen LogP contribution in [0, 0.1) is 17.8 Å². The third kappa shape index (κ3) is 1.77. The minimum absolute atomic E-state index is 0.117. The Labute approximate surface area is 117 Å². The number of fused-ring (bicyclic) bond motifs is 1. The number of hydrogen-bond acceptors (Lipinski definition) is 4. The molecule has 2 atom stereocenters. The van der Waals surface area contributed by atoms with Crippen molar-refractivity contribution in [3.05, 3.63) is 18.2 Å². The van der Waals surface area contributed by atoms with Crippen molar-refractivity contribution in [1.82, 2.24) is 0 Å². The first-order valence-electron chi connectivity index (χ1n) is 6.84. The number of nitrogen functional groups attached to an aromatic ring is 1. The molecule has 1 aliphatic carbocycles. The van der Waals surface area contributed by atoms with Crippen molar-refractivity contribution < 1.29 is 14.3 Å². The van der Waals surface area contributed by atoms with E-state index in [0.29, 0.717) is 23.0 Å². The molecule has 1 aliphatic heterocycles. The summed E-state index contributed by atoms with van der Waals surface area (Å²) in [4.78, 5) is 26.3. The van der Waals surface area contributed by atoms with Gasteiger partial charge in [-0.05, 0) is 37.0 Å². The van der Waals surface area contributed by atoms with Crippen molar-refractivity contribution >= 4 is 23.2 Å². The summed E-state index contributed by atoms with van der Waals surface area (Å²) in [5.74, 6) is 0.338. The van der Waals surface area contributed by atoms with E-state index in [1.54, 1.807) is 18.2 Å². The number of methoxy groups -OCH3 is 1. The molecule has 1 saturated carbocycles. The molecule has 0 spiro atoms. The van der Waals surface area contributed by atoms with E-state index in [4.69, 9.17) is 10.5 Å². The molecule has 1 saturated heterocycles. The van der Waals surface area contributed by atoms with Gasteiger partial charge in [-0.3, -0.25) is 9.59 Å². The molecule has 0 bridgehead atoms. The molecular weight excluding hydrogens is 256 g/mol. The van der Waals surface area contributed by atoms with Crippen LogP contribution in [0.15, 0.2) is 18.2 Å². The average molecular weight is 274 g/mol. The first-order valence-corrected chi connectivity index (χ1v) is 6.84. The fourth-order valence-corrected chi connectivity index (χ4v) is 3.40. The van der Waals surface area contributed by atoms with Gasteiger partial charge in [0.2, 0.25) is 11.8 Å². The monoisotopic (exact) mass is 274 g/mol. The molecule has 2 N–H and O–H groups in total. The smallest absolute Gasteiger partial charge is 0.237 e. The van der Waals surface area contributed by atoms with E-state index >= 15 is 0 Å². The van der Waals surface area contributed by atoms with Crippen LogP contribution in [0.4, 0.5) is 11.4 Å². The van der Waals surface area contributed by atoms with E-state index in [2.05, 4.69) is 6.92 Å². The van der Waals surface area contributed by atoms with Crippen molar-refractivity contribution in [2.75, 3.05) is 17.7 Å². The Balaban J connectivity index is 2.02. The number of nitrogens with two attached hydrogens (primary N) is 1. The number of carbonyl (C=O) groups is 2. The molecule has 1 aromatic carbocycles. The molecule has 5 nitrogen and oxygen atoms in total. The fourth-order valence-electron chi connectivity index (χ4n) is 3.40. The van der Waals surface area contributed by atoms with Gasteiger partial charge in [0.1, 0.15) is 5.75 Å². The number of rotatable bonds is 2. The van der Waals surface area contributed by atoms with Crippen LogP contribution >= 0.6 is 0 Å². The Hall–Kier alpha value is -2.04. The maximum Gasteiger partial charge on any atom is 0.237 e. The minimum atomic E-state index is -0.177. The second-order valence-corrected chi connectivity index (χ2v) is 5.73. The van der Waals surface area contributed by atoms with Gasteiger partial charge in [-0.25, -0.2) is 4.90 Å².